The number of aryl methyl sites for hydroxylation is 1. The Hall–Kier alpha value is -3.28. The molecule has 6 nitrogen and oxygen atoms in total. The van der Waals surface area contributed by atoms with Crippen molar-refractivity contribution in [2.45, 2.75) is 6.42 Å². The second-order valence-electron chi connectivity index (χ2n) is 6.75. The van der Waals surface area contributed by atoms with Crippen LogP contribution in [0.1, 0.15) is 5.56 Å². The van der Waals surface area contributed by atoms with E-state index in [2.05, 4.69) is 33.7 Å². The maximum absolute atomic E-state index is 12.2. The molecule has 1 aliphatic rings. The van der Waals surface area contributed by atoms with Gasteiger partial charge in [0.1, 0.15) is 0 Å². The average Bonchev–Trinajstić information content (AvgIpc) is 3.08. The van der Waals surface area contributed by atoms with E-state index in [1.165, 1.54) is 11.3 Å². The second-order valence-corrected chi connectivity index (χ2v) is 6.75. The molecule has 0 radical (unpaired) electrons. The Morgan fingerprint density at radius 3 is 2.81 bits per heavy atom. The largest absolute Gasteiger partial charge is 0.369 e. The summed E-state index contributed by atoms with van der Waals surface area (Å²) in [4.78, 5) is 26.3. The molecule has 2 heterocycles. The van der Waals surface area contributed by atoms with Gasteiger partial charge < -0.3 is 20.1 Å². The molecule has 4 rings (SSSR count). The highest BCUT2D eigenvalue weighted by atomic mass is 16.2. The molecule has 0 bridgehead atoms. The number of carbonyl (C=O) groups is 1. The number of nitrogens with zero attached hydrogens (tertiary/aromatic N) is 2. The number of hydrogen-bond donors (Lipinski definition) is 2. The van der Waals surface area contributed by atoms with Crippen molar-refractivity contribution in [2.75, 3.05) is 29.9 Å². The van der Waals surface area contributed by atoms with Gasteiger partial charge in [0.25, 0.3) is 5.56 Å². The Bertz CT molecular complexity index is 1060. The maximum atomic E-state index is 12.2. The Morgan fingerprint density at radius 1 is 1.11 bits per heavy atom. The first kappa shape index (κ1) is 17.1. The quantitative estimate of drug-likeness (QED) is 0.750. The van der Waals surface area contributed by atoms with Crippen molar-refractivity contribution in [3.63, 3.8) is 0 Å². The molecule has 0 atom stereocenters. The van der Waals surface area contributed by atoms with Crippen molar-refractivity contribution in [2.24, 2.45) is 7.05 Å². The highest BCUT2D eigenvalue weighted by Gasteiger charge is 2.17. The Morgan fingerprint density at radius 2 is 1.93 bits per heavy atom. The van der Waals surface area contributed by atoms with Crippen molar-refractivity contribution >= 4 is 28.3 Å². The van der Waals surface area contributed by atoms with Crippen molar-refractivity contribution in [1.29, 1.82) is 0 Å². The van der Waals surface area contributed by atoms with Crippen LogP contribution in [-0.4, -0.2) is 30.2 Å². The number of nitrogens with one attached hydrogen (secondary N) is 2. The summed E-state index contributed by atoms with van der Waals surface area (Å²) >= 11 is 0. The minimum Gasteiger partial charge on any atom is -0.369 e. The molecule has 0 fully saturated rings. The molecular weight excluding hydrogens is 340 g/mol. The fourth-order valence-corrected chi connectivity index (χ4v) is 3.56. The van der Waals surface area contributed by atoms with Crippen LogP contribution in [0.25, 0.3) is 10.9 Å². The van der Waals surface area contributed by atoms with Gasteiger partial charge in [0.05, 0.1) is 5.52 Å². The molecule has 1 aromatic heterocycles. The summed E-state index contributed by atoms with van der Waals surface area (Å²) in [6.45, 7) is 2.32. The third-order valence-electron chi connectivity index (χ3n) is 5.04. The van der Waals surface area contributed by atoms with Crippen LogP contribution >= 0.6 is 0 Å². The smallest absolute Gasteiger partial charge is 0.319 e. The summed E-state index contributed by atoms with van der Waals surface area (Å²) in [5, 5.41) is 6.70. The van der Waals surface area contributed by atoms with Crippen LogP contribution in [0, 0.1) is 0 Å². The lowest BCUT2D eigenvalue weighted by Crippen LogP contribution is -2.36. The van der Waals surface area contributed by atoms with E-state index >= 15 is 0 Å². The summed E-state index contributed by atoms with van der Waals surface area (Å²) in [7, 11) is 1.72. The average molecular weight is 362 g/mol. The lowest BCUT2D eigenvalue weighted by atomic mass is 10.2. The fraction of sp³-hybridized carbons (Fsp3) is 0.238. The number of carbonyl (C=O) groups excluding carboxylic acids is 1. The normalized spacial score (nSPS) is 12.9. The third kappa shape index (κ3) is 3.51. The number of anilines is 2. The van der Waals surface area contributed by atoms with Crippen molar-refractivity contribution in [3.05, 3.63) is 70.5 Å². The lowest BCUT2D eigenvalue weighted by molar-refractivity contribution is 0.252. The van der Waals surface area contributed by atoms with E-state index in [1.807, 2.05) is 24.3 Å². The van der Waals surface area contributed by atoms with Gasteiger partial charge in [-0.05, 0) is 41.6 Å². The van der Waals surface area contributed by atoms with E-state index in [-0.39, 0.29) is 11.6 Å². The summed E-state index contributed by atoms with van der Waals surface area (Å²) in [6.07, 6.45) is 1.05. The first-order chi connectivity index (χ1) is 13.1. The van der Waals surface area contributed by atoms with Gasteiger partial charge in [-0.2, -0.15) is 0 Å². The van der Waals surface area contributed by atoms with Crippen LogP contribution in [0.4, 0.5) is 16.2 Å². The number of hydrogen-bond acceptors (Lipinski definition) is 3. The predicted molar refractivity (Wildman–Crippen MR) is 109 cm³/mol. The number of pyridine rings is 1. The van der Waals surface area contributed by atoms with Gasteiger partial charge in [0.2, 0.25) is 0 Å². The van der Waals surface area contributed by atoms with Gasteiger partial charge in [0, 0.05) is 44.1 Å². The Labute approximate surface area is 157 Å². The molecule has 2 amide bonds. The minimum absolute atomic E-state index is 0.0741. The van der Waals surface area contributed by atoms with E-state index in [0.717, 1.165) is 30.4 Å². The molecule has 0 aliphatic carbocycles. The van der Waals surface area contributed by atoms with Crippen LogP contribution in [-0.2, 0) is 13.5 Å². The number of fused-ring (bicyclic) bond motifs is 2. The number of aromatic nitrogens is 1. The molecule has 3 aromatic rings. The van der Waals surface area contributed by atoms with Gasteiger partial charge in [0.15, 0.2) is 0 Å². The number of benzene rings is 2. The number of para-hydroxylation sites is 1. The van der Waals surface area contributed by atoms with E-state index in [0.29, 0.717) is 12.2 Å². The maximum Gasteiger partial charge on any atom is 0.319 e. The topological polar surface area (TPSA) is 66.4 Å². The van der Waals surface area contributed by atoms with Gasteiger partial charge in [-0.3, -0.25) is 4.79 Å². The molecule has 6 heteroatoms. The van der Waals surface area contributed by atoms with Gasteiger partial charge in [-0.25, -0.2) is 4.79 Å². The van der Waals surface area contributed by atoms with Gasteiger partial charge in [-0.1, -0.05) is 24.3 Å². The van der Waals surface area contributed by atoms with Crippen LogP contribution in [0.5, 0.6) is 0 Å². The summed E-state index contributed by atoms with van der Waals surface area (Å²) in [5.41, 5.74) is 4.00. The molecule has 2 aromatic carbocycles. The molecule has 27 heavy (non-hydrogen) atoms. The van der Waals surface area contributed by atoms with Gasteiger partial charge in [-0.15, -0.1) is 0 Å². The van der Waals surface area contributed by atoms with E-state index in [4.69, 9.17) is 0 Å². The molecule has 1 aliphatic heterocycles. The monoisotopic (exact) mass is 362 g/mol. The van der Waals surface area contributed by atoms with Crippen molar-refractivity contribution in [3.8, 4) is 0 Å². The first-order valence-electron chi connectivity index (χ1n) is 9.09. The highest BCUT2D eigenvalue weighted by molar-refractivity contribution is 5.92. The number of amides is 2. The zero-order valence-corrected chi connectivity index (χ0v) is 15.2. The molecule has 138 valence electrons. The lowest BCUT2D eigenvalue weighted by Gasteiger charge is -2.19. The zero-order valence-electron chi connectivity index (χ0n) is 15.2. The van der Waals surface area contributed by atoms with Crippen LogP contribution in [0.15, 0.2) is 59.4 Å². The number of urea groups is 1. The second kappa shape index (κ2) is 7.15. The minimum atomic E-state index is -0.247. The highest BCUT2D eigenvalue weighted by Crippen LogP contribution is 2.26. The predicted octanol–water partition coefficient (Wildman–Crippen LogP) is 2.72. The van der Waals surface area contributed by atoms with Crippen LogP contribution in [0.3, 0.4) is 0 Å². The summed E-state index contributed by atoms with van der Waals surface area (Å²) < 4.78 is 1.57. The molecule has 0 saturated heterocycles. The van der Waals surface area contributed by atoms with Crippen LogP contribution in [0.2, 0.25) is 0 Å². The molecular formula is C21H22N4O2. The summed E-state index contributed by atoms with van der Waals surface area (Å²) in [5.74, 6) is 0. The van der Waals surface area contributed by atoms with E-state index in [9.17, 15) is 9.59 Å². The standard InChI is InChI=1S/C21H22N4O2/c1-24-19-14-17(8-6-16(19)7-9-20(24)26)23-21(27)22-11-13-25-12-10-15-4-2-3-5-18(15)25/h2-9,14H,10-13H2,1H3,(H2,22,23,27). The van der Waals surface area contributed by atoms with E-state index in [1.54, 1.807) is 23.7 Å². The SMILES string of the molecule is Cn1c(=O)ccc2ccc(NC(=O)NCCN3CCc4ccccc43)cc21. The number of rotatable bonds is 4. The molecule has 0 unspecified atom stereocenters. The van der Waals surface area contributed by atoms with Crippen molar-refractivity contribution in [1.82, 2.24) is 9.88 Å². The van der Waals surface area contributed by atoms with Crippen molar-refractivity contribution < 1.29 is 4.79 Å². The Balaban J connectivity index is 1.35. The molecule has 0 spiro atoms. The molecule has 2 N–H and O–H groups in total. The zero-order chi connectivity index (χ0) is 18.8. The van der Waals surface area contributed by atoms with Gasteiger partial charge >= 0.3 is 6.03 Å². The first-order valence-corrected chi connectivity index (χ1v) is 9.09. The van der Waals surface area contributed by atoms with Crippen LogP contribution < -0.4 is 21.1 Å². The summed E-state index contributed by atoms with van der Waals surface area (Å²) in [6, 6.07) is 17.0. The third-order valence-corrected chi connectivity index (χ3v) is 5.04. The molecule has 0 saturated carbocycles. The van der Waals surface area contributed by atoms with E-state index < -0.39 is 0 Å². The fourth-order valence-electron chi connectivity index (χ4n) is 3.56. The Kier molecular flexibility index (Phi) is 4.54.